The highest BCUT2D eigenvalue weighted by molar-refractivity contribution is 7.15. The zero-order valence-electron chi connectivity index (χ0n) is 16.2. The molecule has 0 bridgehead atoms. The Morgan fingerprint density at radius 1 is 0.467 bits per heavy atom. The van der Waals surface area contributed by atoms with Gasteiger partial charge in [-0.2, -0.15) is 16.4 Å². The van der Waals surface area contributed by atoms with Gasteiger partial charge in [0.2, 0.25) is 0 Å². The van der Waals surface area contributed by atoms with E-state index in [0.29, 0.717) is 0 Å². The normalized spacial score (nSPS) is 11.7. The molecule has 0 saturated heterocycles. The molecule has 148 valence electrons. The van der Waals surface area contributed by atoms with Gasteiger partial charge in [0.1, 0.15) is 23.6 Å². The summed E-state index contributed by atoms with van der Waals surface area (Å²) in [4.78, 5) is 0. The van der Waals surface area contributed by atoms with Crippen molar-refractivity contribution in [3.05, 3.63) is 132 Å². The Bertz CT molecular complexity index is 1020. The van der Waals surface area contributed by atoms with Crippen LogP contribution in [0.3, 0.4) is 0 Å². The highest BCUT2D eigenvalue weighted by Crippen LogP contribution is 2.14. The molecule has 0 N–H and O–H groups in total. The standard InChI is InChI=1S/C26H19BF3/c28-24-12-6-21(7-13-24)27(22-8-14-25(29)15-9-22,23-10-16-26(30)17-11-23)19-18-20-4-2-1-3-5-20/h1-19H/q-1/b19-18+. The van der Waals surface area contributed by atoms with Crippen LogP contribution < -0.4 is 16.4 Å². The second kappa shape index (κ2) is 8.46. The summed E-state index contributed by atoms with van der Waals surface area (Å²) < 4.78 is 41.2. The number of benzene rings is 4. The summed E-state index contributed by atoms with van der Waals surface area (Å²) in [5.74, 6) is 1.04. The Labute approximate surface area is 174 Å². The quantitative estimate of drug-likeness (QED) is 0.422. The fourth-order valence-corrected chi connectivity index (χ4v) is 4.03. The minimum absolute atomic E-state index is 0.339. The van der Waals surface area contributed by atoms with Crippen molar-refractivity contribution in [3.63, 3.8) is 0 Å². The van der Waals surface area contributed by atoms with Gasteiger partial charge in [0.15, 0.2) is 0 Å². The maximum Gasteiger partial charge on any atom is 0.122 e. The third kappa shape index (κ3) is 3.94. The van der Waals surface area contributed by atoms with Crippen LogP contribution in [0.15, 0.2) is 109 Å². The molecule has 0 aliphatic heterocycles. The predicted molar refractivity (Wildman–Crippen MR) is 119 cm³/mol. The second-order valence-electron chi connectivity index (χ2n) is 7.36. The molecular weight excluding hydrogens is 380 g/mol. The molecule has 0 aliphatic carbocycles. The fraction of sp³-hybridized carbons (Fsp3) is 0. The van der Waals surface area contributed by atoms with Crippen LogP contribution in [0.2, 0.25) is 0 Å². The van der Waals surface area contributed by atoms with E-state index in [0.717, 1.165) is 22.0 Å². The van der Waals surface area contributed by atoms with Gasteiger partial charge in [0.25, 0.3) is 0 Å². The molecule has 0 saturated carbocycles. The molecule has 0 spiro atoms. The Kier molecular flexibility index (Phi) is 5.58. The van der Waals surface area contributed by atoms with E-state index in [1.54, 1.807) is 36.4 Å². The molecule has 0 aromatic heterocycles. The monoisotopic (exact) mass is 399 g/mol. The third-order valence-corrected chi connectivity index (χ3v) is 5.56. The van der Waals surface area contributed by atoms with Gasteiger partial charge < -0.3 is 0 Å². The van der Waals surface area contributed by atoms with Crippen molar-refractivity contribution in [3.8, 4) is 0 Å². The Hall–Kier alpha value is -3.53. The topological polar surface area (TPSA) is 0 Å². The van der Waals surface area contributed by atoms with E-state index in [2.05, 4.69) is 5.98 Å². The van der Waals surface area contributed by atoms with Crippen LogP contribution in [0.4, 0.5) is 13.2 Å². The van der Waals surface area contributed by atoms with E-state index in [1.807, 2.05) is 36.4 Å². The minimum Gasteiger partial charge on any atom is -0.231 e. The summed E-state index contributed by atoms with van der Waals surface area (Å²) in [6.45, 7) is 0. The van der Waals surface area contributed by atoms with E-state index in [1.165, 1.54) is 36.4 Å². The summed E-state index contributed by atoms with van der Waals surface area (Å²) in [5, 5.41) is 0. The van der Waals surface area contributed by atoms with Gasteiger partial charge in [-0.15, -0.1) is 0 Å². The molecule has 0 atom stereocenters. The molecule has 0 fully saturated rings. The number of hydrogen-bond donors (Lipinski definition) is 0. The van der Waals surface area contributed by atoms with Crippen molar-refractivity contribution >= 4 is 28.6 Å². The summed E-state index contributed by atoms with van der Waals surface area (Å²) in [5.41, 5.74) is 3.54. The van der Waals surface area contributed by atoms with E-state index < -0.39 is 6.15 Å². The Morgan fingerprint density at radius 2 is 0.833 bits per heavy atom. The Balaban J connectivity index is 2.01. The van der Waals surface area contributed by atoms with Gasteiger partial charge in [-0.1, -0.05) is 72.8 Å². The summed E-state index contributed by atoms with van der Waals surface area (Å²) in [6.07, 6.45) is 0.232. The lowest BCUT2D eigenvalue weighted by Gasteiger charge is -2.40. The van der Waals surface area contributed by atoms with Gasteiger partial charge in [-0.3, -0.25) is 0 Å². The molecule has 0 heterocycles. The number of rotatable bonds is 5. The van der Waals surface area contributed by atoms with E-state index in [-0.39, 0.29) is 17.5 Å². The molecule has 4 rings (SSSR count). The second-order valence-corrected chi connectivity index (χ2v) is 7.36. The largest absolute Gasteiger partial charge is 0.231 e. The molecule has 0 amide bonds. The van der Waals surface area contributed by atoms with Gasteiger partial charge in [-0.25, -0.2) is 19.1 Å². The van der Waals surface area contributed by atoms with Crippen LogP contribution in [0.5, 0.6) is 0 Å². The molecule has 0 aliphatic rings. The molecule has 0 unspecified atom stereocenters. The fourth-order valence-electron chi connectivity index (χ4n) is 4.03. The first kappa shape index (κ1) is 19.8. The highest BCUT2D eigenvalue weighted by atomic mass is 19.1. The molecule has 0 radical (unpaired) electrons. The van der Waals surface area contributed by atoms with Gasteiger partial charge in [0, 0.05) is 0 Å². The first-order chi connectivity index (χ1) is 14.6. The Morgan fingerprint density at radius 3 is 1.20 bits per heavy atom. The molecule has 4 aromatic carbocycles. The zero-order valence-corrected chi connectivity index (χ0v) is 16.2. The zero-order chi connectivity index (χ0) is 21.0. The maximum absolute atomic E-state index is 13.7. The SMILES string of the molecule is Fc1ccc([B-](/C=C/c2ccccc2)(c2ccc(F)cc2)c2ccc(F)cc2)cc1. The minimum atomic E-state index is -1.76. The first-order valence-electron chi connectivity index (χ1n) is 9.76. The van der Waals surface area contributed by atoms with Gasteiger partial charge in [-0.05, 0) is 42.0 Å². The predicted octanol–water partition coefficient (Wildman–Crippen LogP) is 4.83. The van der Waals surface area contributed by atoms with Crippen molar-refractivity contribution in [2.45, 2.75) is 0 Å². The summed E-state index contributed by atoms with van der Waals surface area (Å²) >= 11 is 0. The summed E-state index contributed by atoms with van der Waals surface area (Å²) in [6, 6.07) is 28.7. The average molecular weight is 399 g/mol. The van der Waals surface area contributed by atoms with Gasteiger partial charge in [0.05, 0.1) is 0 Å². The maximum atomic E-state index is 13.7. The summed E-state index contributed by atoms with van der Waals surface area (Å²) in [7, 11) is 0. The van der Waals surface area contributed by atoms with Crippen LogP contribution in [0.25, 0.3) is 6.08 Å². The van der Waals surface area contributed by atoms with E-state index >= 15 is 0 Å². The van der Waals surface area contributed by atoms with Crippen LogP contribution >= 0.6 is 0 Å². The van der Waals surface area contributed by atoms with E-state index in [4.69, 9.17) is 0 Å². The lowest BCUT2D eigenvalue weighted by molar-refractivity contribution is 0.628. The van der Waals surface area contributed by atoms with Gasteiger partial charge >= 0.3 is 0 Å². The van der Waals surface area contributed by atoms with Crippen molar-refractivity contribution in [1.82, 2.24) is 0 Å². The molecule has 30 heavy (non-hydrogen) atoms. The van der Waals surface area contributed by atoms with Crippen LogP contribution in [0, 0.1) is 17.5 Å². The highest BCUT2D eigenvalue weighted by Gasteiger charge is 2.27. The number of halogens is 3. The molecule has 0 nitrogen and oxygen atoms in total. The van der Waals surface area contributed by atoms with E-state index in [9.17, 15) is 13.2 Å². The third-order valence-electron chi connectivity index (χ3n) is 5.56. The molecule has 4 aromatic rings. The lowest BCUT2D eigenvalue weighted by atomic mass is 9.15. The van der Waals surface area contributed by atoms with Crippen molar-refractivity contribution in [2.75, 3.05) is 0 Å². The average Bonchev–Trinajstić information content (AvgIpc) is 2.78. The smallest absolute Gasteiger partial charge is 0.122 e. The first-order valence-corrected chi connectivity index (χ1v) is 9.76. The van der Waals surface area contributed by atoms with Crippen LogP contribution in [-0.2, 0) is 0 Å². The van der Waals surface area contributed by atoms with Crippen molar-refractivity contribution < 1.29 is 13.2 Å². The van der Waals surface area contributed by atoms with Crippen molar-refractivity contribution in [1.29, 1.82) is 0 Å². The molecular formula is C26H19BF3-. The van der Waals surface area contributed by atoms with Crippen molar-refractivity contribution in [2.24, 2.45) is 0 Å². The van der Waals surface area contributed by atoms with Crippen LogP contribution in [0.1, 0.15) is 5.56 Å². The van der Waals surface area contributed by atoms with Crippen LogP contribution in [-0.4, -0.2) is 6.15 Å². The lowest BCUT2D eigenvalue weighted by Crippen LogP contribution is -2.66. The molecule has 4 heteroatoms. The number of hydrogen-bond acceptors (Lipinski definition) is 0.